The zero-order valence-corrected chi connectivity index (χ0v) is 11.6. The molecule has 0 aliphatic heterocycles. The molecule has 0 saturated heterocycles. The molecule has 17 heavy (non-hydrogen) atoms. The molecular formula is C13H23NO2S. The van der Waals surface area contributed by atoms with Crippen molar-refractivity contribution < 1.29 is 9.53 Å². The molecule has 0 spiro atoms. The Kier molecular flexibility index (Phi) is 4.36. The quantitative estimate of drug-likeness (QED) is 0.677. The van der Waals surface area contributed by atoms with Crippen molar-refractivity contribution in [2.45, 2.75) is 51.1 Å². The molecule has 3 nitrogen and oxygen atoms in total. The van der Waals surface area contributed by atoms with Crippen LogP contribution in [0.2, 0.25) is 0 Å². The number of rotatable bonds is 8. The number of carbonyl (C=O) groups is 1. The molecule has 2 saturated carbocycles. The van der Waals surface area contributed by atoms with Gasteiger partial charge in [-0.05, 0) is 44.3 Å². The smallest absolute Gasteiger partial charge is 0.327 e. The van der Waals surface area contributed by atoms with Crippen LogP contribution >= 0.6 is 11.8 Å². The number of nitrogens with one attached hydrogen (secondary N) is 1. The molecule has 98 valence electrons. The lowest BCUT2D eigenvalue weighted by atomic mass is 9.95. The van der Waals surface area contributed by atoms with Crippen LogP contribution in [0.3, 0.4) is 0 Å². The van der Waals surface area contributed by atoms with Gasteiger partial charge in [0.1, 0.15) is 5.54 Å². The minimum atomic E-state index is -0.391. The lowest BCUT2D eigenvalue weighted by Crippen LogP contribution is -2.58. The minimum absolute atomic E-state index is 0.0182. The first-order valence-corrected chi connectivity index (χ1v) is 7.91. The van der Waals surface area contributed by atoms with Gasteiger partial charge in [-0.2, -0.15) is 11.8 Å². The lowest BCUT2D eigenvalue weighted by molar-refractivity contribution is -0.151. The first-order valence-electron chi connectivity index (χ1n) is 6.75. The number of hydrogen-bond acceptors (Lipinski definition) is 4. The van der Waals surface area contributed by atoms with Gasteiger partial charge < -0.3 is 4.74 Å². The molecule has 0 amide bonds. The van der Waals surface area contributed by atoms with Crippen LogP contribution in [-0.4, -0.2) is 35.7 Å². The van der Waals surface area contributed by atoms with Crippen molar-refractivity contribution in [3.05, 3.63) is 0 Å². The van der Waals surface area contributed by atoms with Crippen molar-refractivity contribution in [1.29, 1.82) is 0 Å². The molecule has 1 N–H and O–H groups in total. The molecule has 2 fully saturated rings. The molecule has 1 atom stereocenters. The molecular weight excluding hydrogens is 234 g/mol. The van der Waals surface area contributed by atoms with E-state index in [4.69, 9.17) is 4.74 Å². The van der Waals surface area contributed by atoms with E-state index in [0.29, 0.717) is 18.6 Å². The predicted octanol–water partition coefficient (Wildman–Crippen LogP) is 2.20. The Labute approximate surface area is 108 Å². The fraction of sp³-hybridized carbons (Fsp3) is 0.923. The first-order chi connectivity index (χ1) is 8.23. The summed E-state index contributed by atoms with van der Waals surface area (Å²) in [5, 5.41) is 3.59. The van der Waals surface area contributed by atoms with E-state index < -0.39 is 5.54 Å². The van der Waals surface area contributed by atoms with E-state index in [-0.39, 0.29) is 5.97 Å². The highest BCUT2D eigenvalue weighted by molar-refractivity contribution is 7.99. The van der Waals surface area contributed by atoms with Crippen LogP contribution in [0.25, 0.3) is 0 Å². The van der Waals surface area contributed by atoms with Crippen LogP contribution in [0, 0.1) is 5.92 Å². The van der Waals surface area contributed by atoms with Gasteiger partial charge in [-0.3, -0.25) is 10.1 Å². The molecule has 1 unspecified atom stereocenters. The monoisotopic (exact) mass is 257 g/mol. The van der Waals surface area contributed by atoms with E-state index in [1.165, 1.54) is 25.7 Å². The van der Waals surface area contributed by atoms with Crippen molar-refractivity contribution >= 4 is 17.7 Å². The van der Waals surface area contributed by atoms with Crippen molar-refractivity contribution in [2.24, 2.45) is 5.92 Å². The topological polar surface area (TPSA) is 38.3 Å². The van der Waals surface area contributed by atoms with Crippen molar-refractivity contribution in [1.82, 2.24) is 5.32 Å². The molecule has 2 rings (SSSR count). The van der Waals surface area contributed by atoms with E-state index in [0.717, 1.165) is 11.5 Å². The third-order valence-corrected chi connectivity index (χ3v) is 4.55. The maximum absolute atomic E-state index is 12.3. The Morgan fingerprint density at radius 3 is 2.53 bits per heavy atom. The summed E-state index contributed by atoms with van der Waals surface area (Å²) in [4.78, 5) is 12.3. The van der Waals surface area contributed by atoms with Gasteiger partial charge in [0.15, 0.2) is 0 Å². The average Bonchev–Trinajstić information content (AvgIpc) is 3.16. The third kappa shape index (κ3) is 3.16. The fourth-order valence-electron chi connectivity index (χ4n) is 2.25. The lowest BCUT2D eigenvalue weighted by Gasteiger charge is -2.32. The van der Waals surface area contributed by atoms with E-state index in [2.05, 4.69) is 12.2 Å². The average molecular weight is 257 g/mol. The van der Waals surface area contributed by atoms with E-state index in [9.17, 15) is 4.79 Å². The van der Waals surface area contributed by atoms with Crippen LogP contribution < -0.4 is 5.32 Å². The summed E-state index contributed by atoms with van der Waals surface area (Å²) in [7, 11) is 0. The van der Waals surface area contributed by atoms with Gasteiger partial charge in [0.2, 0.25) is 0 Å². The van der Waals surface area contributed by atoms with Gasteiger partial charge in [-0.15, -0.1) is 0 Å². The zero-order chi connectivity index (χ0) is 12.3. The van der Waals surface area contributed by atoms with Crippen LogP contribution in [0.1, 0.15) is 39.5 Å². The summed E-state index contributed by atoms with van der Waals surface area (Å²) in [5.41, 5.74) is -0.391. The van der Waals surface area contributed by atoms with Crippen LogP contribution in [0.15, 0.2) is 0 Å². The number of thioether (sulfide) groups is 1. The second-order valence-corrected chi connectivity index (χ2v) is 6.30. The maximum atomic E-state index is 12.3. The number of carbonyl (C=O) groups excluding carboxylic acids is 1. The number of ether oxygens (including phenoxy) is 1. The van der Waals surface area contributed by atoms with Gasteiger partial charge in [-0.25, -0.2) is 0 Å². The summed E-state index contributed by atoms with van der Waals surface area (Å²) in [6.07, 6.45) is 4.76. The van der Waals surface area contributed by atoms with Gasteiger partial charge >= 0.3 is 5.97 Å². The molecule has 2 aliphatic carbocycles. The predicted molar refractivity (Wildman–Crippen MR) is 71.2 cm³/mol. The van der Waals surface area contributed by atoms with Gasteiger partial charge in [0.25, 0.3) is 0 Å². The van der Waals surface area contributed by atoms with Crippen molar-refractivity contribution in [2.75, 3.05) is 18.1 Å². The van der Waals surface area contributed by atoms with Crippen LogP contribution in [0.4, 0.5) is 0 Å². The van der Waals surface area contributed by atoms with Gasteiger partial charge in [0.05, 0.1) is 6.61 Å². The van der Waals surface area contributed by atoms with Gasteiger partial charge in [-0.1, -0.05) is 6.92 Å². The Morgan fingerprint density at radius 2 is 2.06 bits per heavy atom. The summed E-state index contributed by atoms with van der Waals surface area (Å²) in [6, 6.07) is 0.553. The molecule has 2 aliphatic rings. The van der Waals surface area contributed by atoms with Crippen LogP contribution in [-0.2, 0) is 9.53 Å². The van der Waals surface area contributed by atoms with Crippen molar-refractivity contribution in [3.8, 4) is 0 Å². The van der Waals surface area contributed by atoms with Crippen LogP contribution in [0.5, 0.6) is 0 Å². The highest BCUT2D eigenvalue weighted by atomic mass is 32.2. The number of hydrogen-bond donors (Lipinski definition) is 1. The number of esters is 1. The third-order valence-electron chi connectivity index (χ3n) is 3.49. The fourth-order valence-corrected chi connectivity index (χ4v) is 3.22. The molecule has 0 aromatic rings. The minimum Gasteiger partial charge on any atom is -0.465 e. The Hall–Kier alpha value is -0.220. The van der Waals surface area contributed by atoms with E-state index in [1.54, 1.807) is 0 Å². The molecule has 0 aromatic carbocycles. The Morgan fingerprint density at radius 1 is 1.35 bits per heavy atom. The standard InChI is InChI=1S/C13H23NO2S/c1-3-16-12(15)13(9-17-4-2,10-5-6-10)14-11-7-8-11/h10-11,14H,3-9H2,1-2H3. The molecule has 0 bridgehead atoms. The van der Waals surface area contributed by atoms with E-state index in [1.807, 2.05) is 18.7 Å². The highest BCUT2D eigenvalue weighted by Gasteiger charge is 2.53. The summed E-state index contributed by atoms with van der Waals surface area (Å²) < 4.78 is 5.32. The zero-order valence-electron chi connectivity index (χ0n) is 10.8. The SMILES string of the molecule is CCOC(=O)C(CSCC)(NC1CC1)C1CC1. The largest absolute Gasteiger partial charge is 0.465 e. The highest BCUT2D eigenvalue weighted by Crippen LogP contribution is 2.44. The molecule has 0 heterocycles. The van der Waals surface area contributed by atoms with E-state index >= 15 is 0 Å². The molecule has 0 radical (unpaired) electrons. The molecule has 4 heteroatoms. The Bertz CT molecular complexity index is 277. The second-order valence-electron chi connectivity index (χ2n) is 5.02. The summed E-state index contributed by atoms with van der Waals surface area (Å²) in [5.74, 6) is 2.40. The first kappa shape index (κ1) is 13.2. The summed E-state index contributed by atoms with van der Waals surface area (Å²) in [6.45, 7) is 4.51. The normalized spacial score (nSPS) is 23.2. The molecule has 0 aromatic heterocycles. The maximum Gasteiger partial charge on any atom is 0.327 e. The second kappa shape index (κ2) is 5.61. The Balaban J connectivity index is 2.07. The summed E-state index contributed by atoms with van der Waals surface area (Å²) >= 11 is 1.84. The van der Waals surface area contributed by atoms with Crippen molar-refractivity contribution in [3.63, 3.8) is 0 Å². The van der Waals surface area contributed by atoms with Gasteiger partial charge in [0, 0.05) is 11.8 Å².